The lowest BCUT2D eigenvalue weighted by Gasteiger charge is -2.34. The molecule has 0 bridgehead atoms. The first kappa shape index (κ1) is 22.8. The topological polar surface area (TPSA) is 105 Å². The van der Waals surface area contributed by atoms with Crippen LogP contribution in [0.2, 0.25) is 0 Å². The van der Waals surface area contributed by atoms with Crippen LogP contribution in [0.4, 0.5) is 4.79 Å². The second-order valence-electron chi connectivity index (χ2n) is 8.71. The number of carbonyl (C=O) groups is 3. The number of rotatable bonds is 7. The third-order valence-corrected chi connectivity index (χ3v) is 6.43. The molecule has 2 N–H and O–H groups in total. The van der Waals surface area contributed by atoms with Gasteiger partial charge in [0.2, 0.25) is 0 Å². The highest BCUT2D eigenvalue weighted by molar-refractivity contribution is 5.93. The van der Waals surface area contributed by atoms with Crippen LogP contribution in [0.15, 0.2) is 48.5 Å². The molecule has 1 aliphatic carbocycles. The summed E-state index contributed by atoms with van der Waals surface area (Å²) < 4.78 is 10.8. The Labute approximate surface area is 192 Å². The predicted molar refractivity (Wildman–Crippen MR) is 121 cm³/mol. The molecule has 8 nitrogen and oxygen atoms in total. The van der Waals surface area contributed by atoms with Gasteiger partial charge in [0.1, 0.15) is 18.2 Å². The van der Waals surface area contributed by atoms with E-state index < -0.39 is 29.6 Å². The molecule has 2 aromatic carbocycles. The number of methoxy groups -OCH3 is 1. The van der Waals surface area contributed by atoms with Gasteiger partial charge in [0.25, 0.3) is 5.91 Å². The van der Waals surface area contributed by atoms with E-state index in [2.05, 4.69) is 17.4 Å². The van der Waals surface area contributed by atoms with Crippen molar-refractivity contribution in [2.45, 2.75) is 37.3 Å². The first-order valence-corrected chi connectivity index (χ1v) is 11.0. The zero-order valence-corrected chi connectivity index (χ0v) is 18.7. The van der Waals surface area contributed by atoms with Gasteiger partial charge in [-0.15, -0.1) is 0 Å². The van der Waals surface area contributed by atoms with Crippen molar-refractivity contribution in [3.8, 4) is 11.1 Å². The number of alkyl carbamates (subject to hydrolysis) is 1. The van der Waals surface area contributed by atoms with Crippen LogP contribution >= 0.6 is 0 Å². The first-order valence-electron chi connectivity index (χ1n) is 11.0. The number of benzene rings is 2. The van der Waals surface area contributed by atoms with E-state index in [4.69, 9.17) is 9.47 Å². The van der Waals surface area contributed by atoms with Gasteiger partial charge >= 0.3 is 12.1 Å². The molecule has 0 radical (unpaired) electrons. The Balaban J connectivity index is 1.47. The minimum Gasteiger partial charge on any atom is -0.480 e. The van der Waals surface area contributed by atoms with Crippen LogP contribution in [0.25, 0.3) is 11.1 Å². The standard InChI is InChI=1S/C25H28N2O6/c1-25(15-32-2,23(30)27-13-7-12-21(27)22(28)29)26-24(31)33-14-20-18-10-5-3-8-16(18)17-9-4-6-11-19(17)20/h3-6,8-11,20-21H,7,12-15H2,1-2H3,(H,26,31)(H,28,29). The number of nitrogens with one attached hydrogen (secondary N) is 1. The minimum absolute atomic E-state index is 0.109. The Morgan fingerprint density at radius 2 is 1.70 bits per heavy atom. The maximum absolute atomic E-state index is 13.2. The van der Waals surface area contributed by atoms with Gasteiger partial charge < -0.3 is 24.8 Å². The van der Waals surface area contributed by atoms with E-state index in [1.54, 1.807) is 0 Å². The largest absolute Gasteiger partial charge is 0.480 e. The second kappa shape index (κ2) is 9.23. The summed E-state index contributed by atoms with van der Waals surface area (Å²) in [4.78, 5) is 38.8. The number of hydrogen-bond acceptors (Lipinski definition) is 5. The number of carboxylic acids is 1. The molecule has 33 heavy (non-hydrogen) atoms. The summed E-state index contributed by atoms with van der Waals surface area (Å²) in [5, 5.41) is 12.1. The summed E-state index contributed by atoms with van der Waals surface area (Å²) in [6, 6.07) is 15.1. The zero-order valence-electron chi connectivity index (χ0n) is 18.7. The van der Waals surface area contributed by atoms with Crippen LogP contribution in [-0.4, -0.2) is 66.4 Å². The van der Waals surface area contributed by atoms with Crippen molar-refractivity contribution in [2.24, 2.45) is 0 Å². The molecule has 1 aliphatic heterocycles. The number of carbonyl (C=O) groups excluding carboxylic acids is 2. The number of aliphatic carboxylic acids is 1. The van der Waals surface area contributed by atoms with Crippen molar-refractivity contribution < 1.29 is 29.0 Å². The van der Waals surface area contributed by atoms with E-state index in [0.717, 1.165) is 22.3 Å². The quantitative estimate of drug-likeness (QED) is 0.669. The smallest absolute Gasteiger partial charge is 0.408 e. The van der Waals surface area contributed by atoms with Crippen LogP contribution in [0.5, 0.6) is 0 Å². The lowest BCUT2D eigenvalue weighted by molar-refractivity contribution is -0.151. The van der Waals surface area contributed by atoms with E-state index in [9.17, 15) is 19.5 Å². The van der Waals surface area contributed by atoms with Gasteiger partial charge in [-0.3, -0.25) is 4.79 Å². The summed E-state index contributed by atoms with van der Waals surface area (Å²) >= 11 is 0. The SMILES string of the molecule is COCC(C)(NC(=O)OCC1c2ccccc2-c2ccccc21)C(=O)N1CCCC1C(=O)O. The highest BCUT2D eigenvalue weighted by Gasteiger charge is 2.44. The van der Waals surface area contributed by atoms with Crippen molar-refractivity contribution in [3.63, 3.8) is 0 Å². The van der Waals surface area contributed by atoms with E-state index in [1.165, 1.54) is 18.9 Å². The summed E-state index contributed by atoms with van der Waals surface area (Å²) in [7, 11) is 1.42. The molecule has 174 valence electrons. The summed E-state index contributed by atoms with van der Waals surface area (Å²) in [5.41, 5.74) is 2.97. The maximum atomic E-state index is 13.2. The third kappa shape index (κ3) is 4.30. The van der Waals surface area contributed by atoms with Crippen LogP contribution in [0, 0.1) is 0 Å². The molecule has 2 atom stereocenters. The lowest BCUT2D eigenvalue weighted by Crippen LogP contribution is -2.62. The van der Waals surface area contributed by atoms with Crippen LogP contribution in [-0.2, 0) is 19.1 Å². The molecule has 0 aromatic heterocycles. The molecule has 2 aromatic rings. The summed E-state index contributed by atoms with van der Waals surface area (Å²) in [6.07, 6.45) is 0.224. The maximum Gasteiger partial charge on any atom is 0.408 e. The van der Waals surface area contributed by atoms with Crippen molar-refractivity contribution in [3.05, 3.63) is 59.7 Å². The Bertz CT molecular complexity index is 1020. The summed E-state index contributed by atoms with van der Waals surface area (Å²) in [6.45, 7) is 1.84. The molecule has 1 fully saturated rings. The average molecular weight is 453 g/mol. The molecule has 2 unspecified atom stereocenters. The Morgan fingerprint density at radius 3 is 2.27 bits per heavy atom. The lowest BCUT2D eigenvalue weighted by atomic mass is 9.98. The van der Waals surface area contributed by atoms with Gasteiger partial charge in [0.15, 0.2) is 0 Å². The Morgan fingerprint density at radius 1 is 1.09 bits per heavy atom. The highest BCUT2D eigenvalue weighted by Crippen LogP contribution is 2.44. The monoisotopic (exact) mass is 452 g/mol. The van der Waals surface area contributed by atoms with Crippen LogP contribution in [0.1, 0.15) is 36.8 Å². The van der Waals surface area contributed by atoms with E-state index in [-0.39, 0.29) is 19.1 Å². The van der Waals surface area contributed by atoms with Gasteiger partial charge in [-0.25, -0.2) is 9.59 Å². The van der Waals surface area contributed by atoms with E-state index in [1.807, 2.05) is 36.4 Å². The third-order valence-electron chi connectivity index (χ3n) is 6.43. The Kier molecular flexibility index (Phi) is 6.37. The van der Waals surface area contributed by atoms with Crippen molar-refractivity contribution in [2.75, 3.05) is 26.9 Å². The molecule has 2 amide bonds. The van der Waals surface area contributed by atoms with Crippen molar-refractivity contribution >= 4 is 18.0 Å². The van der Waals surface area contributed by atoms with Crippen LogP contribution in [0.3, 0.4) is 0 Å². The first-order chi connectivity index (χ1) is 15.9. The molecule has 1 saturated heterocycles. The molecule has 0 saturated carbocycles. The number of hydrogen-bond donors (Lipinski definition) is 2. The number of fused-ring (bicyclic) bond motifs is 3. The number of ether oxygens (including phenoxy) is 2. The normalized spacial score (nSPS) is 18.8. The highest BCUT2D eigenvalue weighted by atomic mass is 16.5. The second-order valence-corrected chi connectivity index (χ2v) is 8.71. The molecule has 8 heteroatoms. The fourth-order valence-electron chi connectivity index (χ4n) is 4.88. The number of nitrogens with zero attached hydrogens (tertiary/aromatic N) is 1. The van der Waals surface area contributed by atoms with Crippen molar-refractivity contribution in [1.29, 1.82) is 0 Å². The predicted octanol–water partition coefficient (Wildman–Crippen LogP) is 3.01. The van der Waals surface area contributed by atoms with Crippen molar-refractivity contribution in [1.82, 2.24) is 10.2 Å². The Hall–Kier alpha value is -3.39. The molecule has 0 spiro atoms. The number of carboxylic acid groups (broad SMARTS) is 1. The van der Waals surface area contributed by atoms with Gasteiger partial charge in [-0.05, 0) is 42.0 Å². The van der Waals surface area contributed by atoms with Gasteiger partial charge in [0.05, 0.1) is 6.61 Å². The zero-order chi connectivity index (χ0) is 23.6. The fraction of sp³-hybridized carbons (Fsp3) is 0.400. The number of likely N-dealkylation sites (tertiary alicyclic amines) is 1. The van der Waals surface area contributed by atoms with Gasteiger partial charge in [0, 0.05) is 19.6 Å². The minimum atomic E-state index is -1.45. The molecular weight excluding hydrogens is 424 g/mol. The van der Waals surface area contributed by atoms with Gasteiger partial charge in [-0.1, -0.05) is 48.5 Å². The molecule has 1 heterocycles. The molecule has 4 rings (SSSR count). The fourth-order valence-corrected chi connectivity index (χ4v) is 4.88. The van der Waals surface area contributed by atoms with E-state index >= 15 is 0 Å². The van der Waals surface area contributed by atoms with Gasteiger partial charge in [-0.2, -0.15) is 0 Å². The van der Waals surface area contributed by atoms with E-state index in [0.29, 0.717) is 19.4 Å². The molecule has 2 aliphatic rings. The average Bonchev–Trinajstić information content (AvgIpc) is 3.41. The number of amides is 2. The van der Waals surface area contributed by atoms with Crippen LogP contribution < -0.4 is 5.32 Å². The summed E-state index contributed by atoms with van der Waals surface area (Å²) in [5.74, 6) is -1.66. The molecular formula is C25H28N2O6.